The Labute approximate surface area is 109 Å². The lowest BCUT2D eigenvalue weighted by atomic mass is 9.76. The van der Waals surface area contributed by atoms with E-state index in [4.69, 9.17) is 0 Å². The van der Waals surface area contributed by atoms with Gasteiger partial charge in [-0.1, -0.05) is 57.2 Å². The Morgan fingerprint density at radius 3 is 2.17 bits per heavy atom. The van der Waals surface area contributed by atoms with Gasteiger partial charge in [0, 0.05) is 0 Å². The van der Waals surface area contributed by atoms with E-state index in [1.54, 1.807) is 0 Å². The van der Waals surface area contributed by atoms with Gasteiger partial charge in [-0.25, -0.2) is 0 Å². The SMILES string of the molecule is CC(C)(C)C1C=c2cc3ccccc3cc2=CC1. The Balaban J connectivity index is 2.24. The summed E-state index contributed by atoms with van der Waals surface area (Å²) in [7, 11) is 0. The van der Waals surface area contributed by atoms with Crippen molar-refractivity contribution in [2.24, 2.45) is 11.3 Å². The average molecular weight is 236 g/mol. The van der Waals surface area contributed by atoms with Gasteiger partial charge in [0.2, 0.25) is 0 Å². The first-order valence-electron chi connectivity index (χ1n) is 6.75. The molecule has 0 heteroatoms. The Morgan fingerprint density at radius 2 is 1.56 bits per heavy atom. The van der Waals surface area contributed by atoms with E-state index < -0.39 is 0 Å². The van der Waals surface area contributed by atoms with E-state index in [2.05, 4.69) is 69.3 Å². The zero-order valence-electron chi connectivity index (χ0n) is 11.4. The molecule has 0 bridgehead atoms. The highest BCUT2D eigenvalue weighted by atomic mass is 14.3. The second kappa shape index (κ2) is 3.98. The van der Waals surface area contributed by atoms with Gasteiger partial charge in [0.1, 0.15) is 0 Å². The fourth-order valence-corrected chi connectivity index (χ4v) is 2.74. The number of fused-ring (bicyclic) bond motifs is 2. The molecule has 0 radical (unpaired) electrons. The highest BCUT2D eigenvalue weighted by Gasteiger charge is 2.22. The predicted octanol–water partition coefficient (Wildman–Crippen LogP) is 3.47. The molecule has 0 amide bonds. The van der Waals surface area contributed by atoms with Crippen molar-refractivity contribution >= 4 is 22.9 Å². The summed E-state index contributed by atoms with van der Waals surface area (Å²) in [4.78, 5) is 0. The van der Waals surface area contributed by atoms with E-state index in [1.165, 1.54) is 21.2 Å². The molecular formula is C18H20. The van der Waals surface area contributed by atoms with Crippen molar-refractivity contribution in [2.45, 2.75) is 27.2 Å². The van der Waals surface area contributed by atoms with Crippen LogP contribution in [0.5, 0.6) is 0 Å². The van der Waals surface area contributed by atoms with Gasteiger partial charge < -0.3 is 0 Å². The highest BCUT2D eigenvalue weighted by Crippen LogP contribution is 2.31. The lowest BCUT2D eigenvalue weighted by Crippen LogP contribution is -2.32. The highest BCUT2D eigenvalue weighted by molar-refractivity contribution is 5.83. The van der Waals surface area contributed by atoms with E-state index in [9.17, 15) is 0 Å². The van der Waals surface area contributed by atoms with Gasteiger partial charge in [-0.2, -0.15) is 0 Å². The zero-order valence-corrected chi connectivity index (χ0v) is 11.4. The molecule has 92 valence electrons. The van der Waals surface area contributed by atoms with Crippen molar-refractivity contribution in [1.29, 1.82) is 0 Å². The van der Waals surface area contributed by atoms with Crippen molar-refractivity contribution in [3.05, 3.63) is 46.8 Å². The molecule has 1 atom stereocenters. The van der Waals surface area contributed by atoms with E-state index in [0.29, 0.717) is 11.3 Å². The molecule has 0 N–H and O–H groups in total. The van der Waals surface area contributed by atoms with Gasteiger partial charge in [-0.15, -0.1) is 0 Å². The summed E-state index contributed by atoms with van der Waals surface area (Å²) in [6.45, 7) is 6.98. The molecule has 1 unspecified atom stereocenters. The molecule has 18 heavy (non-hydrogen) atoms. The molecule has 2 aromatic carbocycles. The fourth-order valence-electron chi connectivity index (χ4n) is 2.74. The number of rotatable bonds is 0. The van der Waals surface area contributed by atoms with Crippen LogP contribution in [-0.4, -0.2) is 0 Å². The Morgan fingerprint density at radius 1 is 0.944 bits per heavy atom. The topological polar surface area (TPSA) is 0 Å². The maximum Gasteiger partial charge on any atom is -0.0141 e. The standard InChI is InChI=1S/C18H20/c1-18(2,3)17-9-8-15-10-13-6-4-5-7-14(13)11-16(15)12-17/h4-8,10-12,17H,9H2,1-3H3. The van der Waals surface area contributed by atoms with Crippen LogP contribution >= 0.6 is 0 Å². The molecule has 3 rings (SSSR count). The second-order valence-corrected chi connectivity index (χ2v) is 6.41. The second-order valence-electron chi connectivity index (χ2n) is 6.41. The predicted molar refractivity (Wildman–Crippen MR) is 79.7 cm³/mol. The first-order chi connectivity index (χ1) is 8.54. The Kier molecular flexibility index (Phi) is 2.55. The Hall–Kier alpha value is -1.56. The van der Waals surface area contributed by atoms with Gasteiger partial charge in [0.15, 0.2) is 0 Å². The maximum absolute atomic E-state index is 2.46. The minimum Gasteiger partial charge on any atom is -0.0760 e. The zero-order chi connectivity index (χ0) is 12.8. The van der Waals surface area contributed by atoms with Gasteiger partial charge in [0.25, 0.3) is 0 Å². The first-order valence-corrected chi connectivity index (χ1v) is 6.75. The third-order valence-corrected chi connectivity index (χ3v) is 4.04. The fraction of sp³-hybridized carbons (Fsp3) is 0.333. The quantitative estimate of drug-likeness (QED) is 0.657. The third-order valence-electron chi connectivity index (χ3n) is 4.04. The molecule has 0 nitrogen and oxygen atoms in total. The number of hydrogen-bond acceptors (Lipinski definition) is 0. The summed E-state index contributed by atoms with van der Waals surface area (Å²) < 4.78 is 0. The van der Waals surface area contributed by atoms with Crippen LogP contribution in [0, 0.1) is 11.3 Å². The summed E-state index contributed by atoms with van der Waals surface area (Å²) in [5, 5.41) is 5.49. The van der Waals surface area contributed by atoms with E-state index in [-0.39, 0.29) is 0 Å². The molecule has 0 spiro atoms. The summed E-state index contributed by atoms with van der Waals surface area (Å²) in [5.41, 5.74) is 0.347. The number of benzene rings is 2. The van der Waals surface area contributed by atoms with E-state index >= 15 is 0 Å². The largest absolute Gasteiger partial charge is 0.0760 e. The Bertz CT molecular complexity index is 699. The molecule has 2 aromatic rings. The van der Waals surface area contributed by atoms with Crippen LogP contribution in [0.4, 0.5) is 0 Å². The summed E-state index contributed by atoms with van der Waals surface area (Å²) in [5.74, 6) is 0.645. The average Bonchev–Trinajstić information content (AvgIpc) is 2.34. The first kappa shape index (κ1) is 11.5. The van der Waals surface area contributed by atoms with Crippen LogP contribution in [0.15, 0.2) is 36.4 Å². The minimum absolute atomic E-state index is 0.347. The van der Waals surface area contributed by atoms with Crippen molar-refractivity contribution in [2.75, 3.05) is 0 Å². The molecule has 0 saturated heterocycles. The molecule has 0 heterocycles. The van der Waals surface area contributed by atoms with Crippen molar-refractivity contribution in [1.82, 2.24) is 0 Å². The van der Waals surface area contributed by atoms with Crippen LogP contribution in [-0.2, 0) is 0 Å². The molecule has 0 aromatic heterocycles. The third kappa shape index (κ3) is 1.96. The van der Waals surface area contributed by atoms with Gasteiger partial charge in [0.05, 0.1) is 0 Å². The van der Waals surface area contributed by atoms with Crippen LogP contribution in [0.1, 0.15) is 27.2 Å². The maximum atomic E-state index is 2.46. The van der Waals surface area contributed by atoms with Crippen molar-refractivity contribution in [3.8, 4) is 0 Å². The summed E-state index contributed by atoms with van der Waals surface area (Å²) in [6.07, 6.45) is 6.02. The smallest absolute Gasteiger partial charge is 0.0141 e. The summed E-state index contributed by atoms with van der Waals surface area (Å²) in [6, 6.07) is 13.3. The van der Waals surface area contributed by atoms with E-state index in [0.717, 1.165) is 6.42 Å². The molecule has 0 fully saturated rings. The monoisotopic (exact) mass is 236 g/mol. The van der Waals surface area contributed by atoms with Crippen LogP contribution in [0.3, 0.4) is 0 Å². The molecule has 0 saturated carbocycles. The van der Waals surface area contributed by atoms with E-state index in [1.807, 2.05) is 0 Å². The molecular weight excluding hydrogens is 216 g/mol. The van der Waals surface area contributed by atoms with Crippen LogP contribution in [0.2, 0.25) is 0 Å². The van der Waals surface area contributed by atoms with Gasteiger partial charge in [-0.05, 0) is 51.1 Å². The number of hydrogen-bond donors (Lipinski definition) is 0. The van der Waals surface area contributed by atoms with Crippen molar-refractivity contribution in [3.63, 3.8) is 0 Å². The van der Waals surface area contributed by atoms with Gasteiger partial charge in [-0.3, -0.25) is 0 Å². The van der Waals surface area contributed by atoms with Gasteiger partial charge >= 0.3 is 0 Å². The molecule has 1 aliphatic rings. The minimum atomic E-state index is 0.347. The lowest BCUT2D eigenvalue weighted by molar-refractivity contribution is 0.314. The summed E-state index contributed by atoms with van der Waals surface area (Å²) >= 11 is 0. The lowest BCUT2D eigenvalue weighted by Gasteiger charge is -2.28. The van der Waals surface area contributed by atoms with Crippen LogP contribution in [0.25, 0.3) is 22.9 Å². The molecule has 0 aliphatic heterocycles. The molecule has 1 aliphatic carbocycles. The normalized spacial score (nSPS) is 18.9. The van der Waals surface area contributed by atoms with Crippen LogP contribution < -0.4 is 10.4 Å². The van der Waals surface area contributed by atoms with Crippen molar-refractivity contribution < 1.29 is 0 Å².